The van der Waals surface area contributed by atoms with Crippen LogP contribution in [0.1, 0.15) is 31.2 Å². The SMILES string of the molecule is F[B]C1CCCO1.Fc1c[nH]c2cccc(Br)c12.O=C1Nc2cccc(Br)c2C1(F)F.[B].[CH-]1CCCO1.[Na+]. The van der Waals surface area contributed by atoms with Crippen LogP contribution in [-0.2, 0) is 20.2 Å². The predicted octanol–water partition coefficient (Wildman–Crippen LogP) is 3.86. The molecule has 2 saturated heterocycles. The third kappa shape index (κ3) is 9.38. The maximum Gasteiger partial charge on any atom is 1.00 e. The van der Waals surface area contributed by atoms with Gasteiger partial charge in [-0.15, -0.1) is 0 Å². The Kier molecular flexibility index (Phi) is 15.8. The number of ether oxygens (including phenoxy) is 2. The van der Waals surface area contributed by atoms with Gasteiger partial charge >= 0.3 is 43.0 Å². The molecule has 5 nitrogen and oxygen atoms in total. The minimum atomic E-state index is -3.42. The Morgan fingerprint density at radius 3 is 2.29 bits per heavy atom. The second-order valence-corrected chi connectivity index (χ2v) is 9.56. The van der Waals surface area contributed by atoms with Gasteiger partial charge in [0.2, 0.25) is 0 Å². The number of amides is 1. The van der Waals surface area contributed by atoms with Gasteiger partial charge in [0.1, 0.15) is 5.82 Å². The Hall–Kier alpha value is -0.820. The van der Waals surface area contributed by atoms with Gasteiger partial charge in [-0.2, -0.15) is 15.2 Å². The molecular formula is C24H23B2Br2F4N2NaO3. The molecule has 2 N–H and O–H groups in total. The number of aromatic nitrogens is 1. The zero-order valence-electron chi connectivity index (χ0n) is 20.6. The van der Waals surface area contributed by atoms with Crippen LogP contribution in [0.3, 0.4) is 0 Å². The van der Waals surface area contributed by atoms with Gasteiger partial charge in [0.05, 0.1) is 17.3 Å². The van der Waals surface area contributed by atoms with E-state index in [0.29, 0.717) is 12.9 Å². The summed E-state index contributed by atoms with van der Waals surface area (Å²) in [6.07, 6.45) is 5.59. The topological polar surface area (TPSA) is 63.4 Å². The fourth-order valence-corrected chi connectivity index (χ4v) is 4.65. The van der Waals surface area contributed by atoms with Crippen molar-refractivity contribution in [2.24, 2.45) is 0 Å². The van der Waals surface area contributed by atoms with Crippen LogP contribution in [0.2, 0.25) is 0 Å². The van der Waals surface area contributed by atoms with Gasteiger partial charge in [-0.1, -0.05) is 34.5 Å². The molecule has 196 valence electrons. The molecular weight excluding hydrogens is 645 g/mol. The van der Waals surface area contributed by atoms with Crippen molar-refractivity contribution in [3.63, 3.8) is 0 Å². The molecule has 0 aliphatic carbocycles. The maximum atomic E-state index is 13.1. The van der Waals surface area contributed by atoms with E-state index in [1.54, 1.807) is 6.07 Å². The molecule has 1 amide bonds. The van der Waals surface area contributed by atoms with Gasteiger partial charge in [-0.25, -0.2) is 11.0 Å². The summed E-state index contributed by atoms with van der Waals surface area (Å²) in [6, 6.07) is 9.83. The summed E-state index contributed by atoms with van der Waals surface area (Å²) in [5, 5.41) is 2.73. The van der Waals surface area contributed by atoms with Crippen LogP contribution in [-0.4, -0.2) is 46.1 Å². The van der Waals surface area contributed by atoms with Crippen molar-refractivity contribution in [1.29, 1.82) is 0 Å². The molecule has 3 aliphatic rings. The van der Waals surface area contributed by atoms with Gasteiger partial charge in [0.25, 0.3) is 5.91 Å². The number of halogens is 6. The van der Waals surface area contributed by atoms with E-state index in [0.717, 1.165) is 42.5 Å². The smallest absolute Gasteiger partial charge is 0.552 e. The molecule has 38 heavy (non-hydrogen) atoms. The molecule has 3 aliphatic heterocycles. The largest absolute Gasteiger partial charge is 1.00 e. The van der Waals surface area contributed by atoms with Crippen molar-refractivity contribution >= 4 is 70.3 Å². The number of H-pyrrole nitrogens is 1. The summed E-state index contributed by atoms with van der Waals surface area (Å²) in [4.78, 5) is 13.6. The quantitative estimate of drug-likeness (QED) is 0.236. The minimum absolute atomic E-state index is 0. The number of benzene rings is 2. The van der Waals surface area contributed by atoms with E-state index in [9.17, 15) is 22.3 Å². The summed E-state index contributed by atoms with van der Waals surface area (Å²) in [5.74, 6) is -4.91. The van der Waals surface area contributed by atoms with Crippen molar-refractivity contribution < 1.29 is 61.3 Å². The molecule has 0 spiro atoms. The van der Waals surface area contributed by atoms with Crippen LogP contribution in [0.5, 0.6) is 0 Å². The third-order valence-electron chi connectivity index (χ3n) is 5.28. The Labute approximate surface area is 260 Å². The van der Waals surface area contributed by atoms with Crippen LogP contribution in [0, 0.1) is 12.4 Å². The van der Waals surface area contributed by atoms with Gasteiger partial charge < -0.3 is 24.1 Å². The number of carbonyl (C=O) groups excluding carboxylic acids is 1. The molecule has 2 fully saturated rings. The Morgan fingerprint density at radius 2 is 1.79 bits per heavy atom. The summed E-state index contributed by atoms with van der Waals surface area (Å²) in [5.41, 5.74) is 0.709. The van der Waals surface area contributed by atoms with Gasteiger partial charge in [-0.3, -0.25) is 4.79 Å². The minimum Gasteiger partial charge on any atom is -0.552 e. The normalized spacial score (nSPS) is 18.2. The number of fused-ring (bicyclic) bond motifs is 2. The Bertz CT molecular complexity index is 1160. The van der Waals surface area contributed by atoms with E-state index in [-0.39, 0.29) is 65.5 Å². The zero-order chi connectivity index (χ0) is 26.1. The van der Waals surface area contributed by atoms with Crippen LogP contribution < -0.4 is 34.9 Å². The molecule has 4 heterocycles. The number of anilines is 1. The second-order valence-electron chi connectivity index (χ2n) is 7.85. The number of hydrogen-bond acceptors (Lipinski definition) is 3. The fourth-order valence-electron chi connectivity index (χ4n) is 3.48. The van der Waals surface area contributed by atoms with E-state index < -0.39 is 11.8 Å². The predicted molar refractivity (Wildman–Crippen MR) is 144 cm³/mol. The van der Waals surface area contributed by atoms with Crippen molar-refractivity contribution in [2.75, 3.05) is 18.5 Å². The average molecular weight is 668 g/mol. The van der Waals surface area contributed by atoms with E-state index in [1.165, 1.54) is 24.8 Å². The molecule has 1 atom stereocenters. The van der Waals surface area contributed by atoms with Gasteiger partial charge in [0, 0.05) is 47.7 Å². The third-order valence-corrected chi connectivity index (χ3v) is 6.60. The fraction of sp³-hybridized carbons (Fsp3) is 0.333. The average Bonchev–Trinajstić information content (AvgIpc) is 3.66. The first-order valence-electron chi connectivity index (χ1n) is 11.1. The molecule has 0 bridgehead atoms. The number of rotatable bonds is 1. The molecule has 3 aromatic rings. The summed E-state index contributed by atoms with van der Waals surface area (Å²) < 4.78 is 61.4. The number of nitrogens with one attached hydrogen (secondary N) is 2. The van der Waals surface area contributed by atoms with Gasteiger partial charge in [0.15, 0.2) is 0 Å². The second kappa shape index (κ2) is 17.1. The van der Waals surface area contributed by atoms with E-state index in [2.05, 4.69) is 42.2 Å². The summed E-state index contributed by atoms with van der Waals surface area (Å²) >= 11 is 6.24. The molecule has 14 heteroatoms. The molecule has 0 saturated carbocycles. The molecule has 4 radical (unpaired) electrons. The van der Waals surface area contributed by atoms with Crippen LogP contribution in [0.25, 0.3) is 10.9 Å². The van der Waals surface area contributed by atoms with E-state index in [4.69, 9.17) is 9.47 Å². The van der Waals surface area contributed by atoms with Crippen LogP contribution >= 0.6 is 31.9 Å². The van der Waals surface area contributed by atoms with Gasteiger partial charge in [-0.05, 0) is 53.0 Å². The Balaban J connectivity index is 0.000000263. The van der Waals surface area contributed by atoms with Crippen molar-refractivity contribution in [3.8, 4) is 0 Å². The number of carbonyl (C=O) groups is 1. The molecule has 1 aromatic heterocycles. The van der Waals surface area contributed by atoms with Crippen LogP contribution in [0.4, 0.5) is 23.2 Å². The number of hydrogen-bond donors (Lipinski definition) is 2. The first kappa shape index (κ1) is 35.2. The summed E-state index contributed by atoms with van der Waals surface area (Å²) in [7, 11) is 0.618. The maximum absolute atomic E-state index is 13.1. The molecule has 2 aromatic carbocycles. The van der Waals surface area contributed by atoms with E-state index in [1.807, 2.05) is 24.8 Å². The molecule has 1 unspecified atom stereocenters. The van der Waals surface area contributed by atoms with Crippen molar-refractivity contribution in [1.82, 2.24) is 4.98 Å². The van der Waals surface area contributed by atoms with Crippen molar-refractivity contribution in [2.45, 2.75) is 37.6 Å². The number of aromatic amines is 1. The summed E-state index contributed by atoms with van der Waals surface area (Å²) in [6.45, 7) is 3.53. The molecule has 6 rings (SSSR count). The van der Waals surface area contributed by atoms with E-state index >= 15 is 0 Å². The first-order valence-corrected chi connectivity index (χ1v) is 12.7. The standard InChI is InChI=1S/C8H4BrF2NO.C8H5BrFN.C4H7BFO.C4H7O.B.Na/c9-4-2-1-3-5-6(4)8(10,11)7(13)12-5;9-5-2-1-3-7-8(5)6(10)4-11-7;6-5-4-2-1-3-7-4;1-2-4-5-3-1;;/h1-3H,(H,12,13);1-4,11H;4H,1-3H2;3H,1-2,4H2;;/q;;;-1;;+1. The Morgan fingerprint density at radius 1 is 1.08 bits per heavy atom. The zero-order valence-corrected chi connectivity index (χ0v) is 25.8. The van der Waals surface area contributed by atoms with Crippen molar-refractivity contribution in [3.05, 3.63) is 69.5 Å². The first-order chi connectivity index (χ1) is 17.3. The number of alkyl halides is 2. The van der Waals surface area contributed by atoms with Crippen LogP contribution in [0.15, 0.2) is 51.5 Å². The monoisotopic (exact) mass is 666 g/mol.